The standard InChI is InChI=1S/C25H25ClN4O/c1-17-8-11-19(12-9-17)16-30-23(28-21-5-4-14-27-25(21)30)6-3-7-24(31)29-22-15-20(26)13-10-18(22)2/h4-5,8-15H,3,6-7,16H2,1-2H3,(H,29,31). The van der Waals surface area contributed by atoms with Gasteiger partial charge in [-0.1, -0.05) is 47.5 Å². The van der Waals surface area contributed by atoms with Crippen LogP contribution in [0.5, 0.6) is 0 Å². The van der Waals surface area contributed by atoms with Crippen LogP contribution in [0, 0.1) is 13.8 Å². The molecule has 0 radical (unpaired) electrons. The normalized spacial score (nSPS) is 11.1. The summed E-state index contributed by atoms with van der Waals surface area (Å²) < 4.78 is 2.15. The second kappa shape index (κ2) is 9.31. The zero-order valence-electron chi connectivity index (χ0n) is 17.7. The number of hydrogen-bond acceptors (Lipinski definition) is 3. The number of aromatic nitrogens is 3. The van der Waals surface area contributed by atoms with E-state index in [1.807, 2.05) is 31.2 Å². The van der Waals surface area contributed by atoms with E-state index in [0.717, 1.165) is 28.2 Å². The van der Waals surface area contributed by atoms with Gasteiger partial charge in [-0.25, -0.2) is 9.97 Å². The molecule has 0 atom stereocenters. The molecule has 0 unspecified atom stereocenters. The first kappa shape index (κ1) is 21.1. The largest absolute Gasteiger partial charge is 0.326 e. The highest BCUT2D eigenvalue weighted by Crippen LogP contribution is 2.21. The van der Waals surface area contributed by atoms with E-state index in [9.17, 15) is 4.79 Å². The average molecular weight is 433 g/mol. The summed E-state index contributed by atoms with van der Waals surface area (Å²) in [5.41, 5.74) is 5.93. The van der Waals surface area contributed by atoms with E-state index in [2.05, 4.69) is 46.1 Å². The quantitative estimate of drug-likeness (QED) is 0.406. The summed E-state index contributed by atoms with van der Waals surface area (Å²) in [4.78, 5) is 21.8. The number of fused-ring (bicyclic) bond motifs is 1. The molecular formula is C25H25ClN4O. The minimum absolute atomic E-state index is 0.0234. The van der Waals surface area contributed by atoms with Crippen LogP contribution in [0.25, 0.3) is 11.2 Å². The van der Waals surface area contributed by atoms with Gasteiger partial charge >= 0.3 is 0 Å². The number of halogens is 1. The molecule has 1 amide bonds. The highest BCUT2D eigenvalue weighted by atomic mass is 35.5. The molecule has 5 nitrogen and oxygen atoms in total. The number of hydrogen-bond donors (Lipinski definition) is 1. The summed E-state index contributed by atoms with van der Waals surface area (Å²) in [6.07, 6.45) is 3.60. The van der Waals surface area contributed by atoms with Crippen molar-refractivity contribution >= 4 is 34.4 Å². The maximum absolute atomic E-state index is 12.5. The third kappa shape index (κ3) is 5.12. The maximum Gasteiger partial charge on any atom is 0.224 e. The van der Waals surface area contributed by atoms with Crippen molar-refractivity contribution < 1.29 is 4.79 Å². The molecule has 0 saturated carbocycles. The molecule has 2 aromatic heterocycles. The molecule has 4 rings (SSSR count). The number of imidazole rings is 1. The highest BCUT2D eigenvalue weighted by molar-refractivity contribution is 6.31. The van der Waals surface area contributed by atoms with Crippen LogP contribution in [0.4, 0.5) is 5.69 Å². The first-order valence-electron chi connectivity index (χ1n) is 10.4. The van der Waals surface area contributed by atoms with Crippen molar-refractivity contribution in [1.29, 1.82) is 0 Å². The van der Waals surface area contributed by atoms with E-state index in [1.54, 1.807) is 12.3 Å². The van der Waals surface area contributed by atoms with Gasteiger partial charge in [0, 0.05) is 29.7 Å². The van der Waals surface area contributed by atoms with E-state index in [1.165, 1.54) is 11.1 Å². The minimum Gasteiger partial charge on any atom is -0.326 e. The summed E-state index contributed by atoms with van der Waals surface area (Å²) in [5.74, 6) is 0.922. The van der Waals surface area contributed by atoms with Gasteiger partial charge < -0.3 is 9.88 Å². The summed E-state index contributed by atoms with van der Waals surface area (Å²) in [7, 11) is 0. The van der Waals surface area contributed by atoms with Crippen molar-refractivity contribution in [3.63, 3.8) is 0 Å². The number of nitrogens with one attached hydrogen (secondary N) is 1. The first-order valence-corrected chi connectivity index (χ1v) is 10.8. The van der Waals surface area contributed by atoms with Crippen LogP contribution < -0.4 is 5.32 Å². The Morgan fingerprint density at radius 2 is 1.90 bits per heavy atom. The van der Waals surface area contributed by atoms with Crippen LogP contribution in [0.15, 0.2) is 60.8 Å². The lowest BCUT2D eigenvalue weighted by Gasteiger charge is -2.10. The fraction of sp³-hybridized carbons (Fsp3) is 0.240. The van der Waals surface area contributed by atoms with Gasteiger partial charge in [0.1, 0.15) is 11.3 Å². The Morgan fingerprint density at radius 3 is 2.71 bits per heavy atom. The molecule has 1 N–H and O–H groups in total. The van der Waals surface area contributed by atoms with Crippen molar-refractivity contribution in [3.05, 3.63) is 88.3 Å². The first-order chi connectivity index (χ1) is 15.0. The molecule has 0 spiro atoms. The molecule has 2 aromatic carbocycles. The Hall–Kier alpha value is -3.18. The van der Waals surface area contributed by atoms with Crippen LogP contribution in [0.1, 0.15) is 35.4 Å². The molecule has 0 fully saturated rings. The van der Waals surface area contributed by atoms with Gasteiger partial charge in [0.05, 0.1) is 6.54 Å². The van der Waals surface area contributed by atoms with Gasteiger partial charge in [-0.3, -0.25) is 4.79 Å². The molecule has 0 aliphatic rings. The number of carbonyl (C=O) groups excluding carboxylic acids is 1. The number of nitrogens with zero attached hydrogens (tertiary/aromatic N) is 3. The van der Waals surface area contributed by atoms with Crippen molar-refractivity contribution in [2.75, 3.05) is 5.32 Å². The third-order valence-corrected chi connectivity index (χ3v) is 5.56. The molecule has 0 saturated heterocycles. The van der Waals surface area contributed by atoms with Crippen LogP contribution >= 0.6 is 11.6 Å². The van der Waals surface area contributed by atoms with Crippen LogP contribution in [-0.4, -0.2) is 20.4 Å². The highest BCUT2D eigenvalue weighted by Gasteiger charge is 2.13. The average Bonchev–Trinajstić information content (AvgIpc) is 3.10. The zero-order chi connectivity index (χ0) is 21.8. The Morgan fingerprint density at radius 1 is 1.10 bits per heavy atom. The smallest absolute Gasteiger partial charge is 0.224 e. The Kier molecular flexibility index (Phi) is 6.33. The van der Waals surface area contributed by atoms with Gasteiger partial charge in [-0.05, 0) is 55.7 Å². The predicted octanol–water partition coefficient (Wildman–Crippen LogP) is 5.71. The van der Waals surface area contributed by atoms with E-state index in [4.69, 9.17) is 16.6 Å². The molecular weight excluding hydrogens is 408 g/mol. The number of rotatable bonds is 7. The van der Waals surface area contributed by atoms with Gasteiger partial charge in [0.2, 0.25) is 5.91 Å². The number of benzene rings is 2. The predicted molar refractivity (Wildman–Crippen MR) is 126 cm³/mol. The SMILES string of the molecule is Cc1ccc(Cn2c(CCCC(=O)Nc3cc(Cl)ccc3C)nc3cccnc32)cc1. The minimum atomic E-state index is -0.0234. The number of amides is 1. The van der Waals surface area contributed by atoms with Crippen molar-refractivity contribution in [2.45, 2.75) is 39.7 Å². The monoisotopic (exact) mass is 432 g/mol. The molecule has 0 bridgehead atoms. The Bertz CT molecular complexity index is 1210. The molecule has 0 aliphatic heterocycles. The molecule has 4 aromatic rings. The van der Waals surface area contributed by atoms with E-state index in [-0.39, 0.29) is 5.91 Å². The zero-order valence-corrected chi connectivity index (χ0v) is 18.5. The summed E-state index contributed by atoms with van der Waals surface area (Å²) in [6, 6.07) is 17.9. The summed E-state index contributed by atoms with van der Waals surface area (Å²) >= 11 is 6.05. The molecule has 31 heavy (non-hydrogen) atoms. The van der Waals surface area contributed by atoms with Gasteiger partial charge in [0.25, 0.3) is 0 Å². The Labute approximate surface area is 187 Å². The Balaban J connectivity index is 1.46. The van der Waals surface area contributed by atoms with Gasteiger partial charge in [0.15, 0.2) is 5.65 Å². The van der Waals surface area contributed by atoms with Crippen molar-refractivity contribution in [1.82, 2.24) is 14.5 Å². The molecule has 158 valence electrons. The number of pyridine rings is 1. The third-order valence-electron chi connectivity index (χ3n) is 5.32. The van der Waals surface area contributed by atoms with Crippen molar-refractivity contribution in [3.8, 4) is 0 Å². The van der Waals surface area contributed by atoms with E-state index < -0.39 is 0 Å². The lowest BCUT2D eigenvalue weighted by atomic mass is 10.1. The van der Waals surface area contributed by atoms with E-state index >= 15 is 0 Å². The fourth-order valence-corrected chi connectivity index (χ4v) is 3.76. The number of aryl methyl sites for hydroxylation is 3. The lowest BCUT2D eigenvalue weighted by molar-refractivity contribution is -0.116. The van der Waals surface area contributed by atoms with Crippen LogP contribution in [-0.2, 0) is 17.8 Å². The fourth-order valence-electron chi connectivity index (χ4n) is 3.59. The number of carbonyl (C=O) groups is 1. The second-order valence-electron chi connectivity index (χ2n) is 7.81. The lowest BCUT2D eigenvalue weighted by Crippen LogP contribution is -2.13. The maximum atomic E-state index is 12.5. The van der Waals surface area contributed by atoms with Crippen LogP contribution in [0.3, 0.4) is 0 Å². The molecule has 2 heterocycles. The van der Waals surface area contributed by atoms with Gasteiger partial charge in [-0.2, -0.15) is 0 Å². The summed E-state index contributed by atoms with van der Waals surface area (Å²) in [5, 5.41) is 3.57. The second-order valence-corrected chi connectivity index (χ2v) is 8.24. The molecule has 0 aliphatic carbocycles. The molecule has 6 heteroatoms. The van der Waals surface area contributed by atoms with Crippen LogP contribution in [0.2, 0.25) is 5.02 Å². The topological polar surface area (TPSA) is 59.8 Å². The van der Waals surface area contributed by atoms with Crippen molar-refractivity contribution in [2.24, 2.45) is 0 Å². The van der Waals surface area contributed by atoms with Gasteiger partial charge in [-0.15, -0.1) is 0 Å². The summed E-state index contributed by atoms with van der Waals surface area (Å²) in [6.45, 7) is 4.74. The van der Waals surface area contributed by atoms with E-state index in [0.29, 0.717) is 30.8 Å². The number of anilines is 1.